The summed E-state index contributed by atoms with van der Waals surface area (Å²) in [6.45, 7) is 6.71. The smallest absolute Gasteiger partial charge is 0.407 e. The normalized spacial score (nSPS) is 25.3. The second-order valence-corrected chi connectivity index (χ2v) is 9.23. The third-order valence-electron chi connectivity index (χ3n) is 6.49. The van der Waals surface area contributed by atoms with E-state index in [1.54, 1.807) is 4.90 Å². The van der Waals surface area contributed by atoms with E-state index in [0.717, 1.165) is 5.69 Å². The number of rotatable bonds is 3. The molecule has 28 heavy (non-hydrogen) atoms. The summed E-state index contributed by atoms with van der Waals surface area (Å²) in [4.78, 5) is 17.5. The molecule has 1 amide bonds. The molecule has 2 aromatic rings. The van der Waals surface area contributed by atoms with Gasteiger partial charge in [-0.15, -0.1) is 0 Å². The number of aliphatic hydroxyl groups excluding tert-OH is 1. The van der Waals surface area contributed by atoms with Crippen LogP contribution in [-0.2, 0) is 0 Å². The Kier molecular flexibility index (Phi) is 4.70. The van der Waals surface area contributed by atoms with Crippen molar-refractivity contribution >= 4 is 6.09 Å². The topological polar surface area (TPSA) is 78.6 Å². The second kappa shape index (κ2) is 6.92. The van der Waals surface area contributed by atoms with Crippen molar-refractivity contribution in [1.82, 2.24) is 14.5 Å². The van der Waals surface area contributed by atoms with Gasteiger partial charge < -0.3 is 19.7 Å². The fourth-order valence-electron chi connectivity index (χ4n) is 4.99. The molecule has 6 nitrogen and oxygen atoms in total. The van der Waals surface area contributed by atoms with Crippen molar-refractivity contribution < 1.29 is 15.0 Å². The lowest BCUT2D eigenvalue weighted by Crippen LogP contribution is -2.53. The Morgan fingerprint density at radius 1 is 1.32 bits per heavy atom. The number of piperidine rings is 1. The Morgan fingerprint density at radius 2 is 2.07 bits per heavy atom. The van der Waals surface area contributed by atoms with Crippen LogP contribution in [0.25, 0.3) is 11.3 Å². The van der Waals surface area contributed by atoms with Crippen LogP contribution in [0.15, 0.2) is 36.8 Å². The van der Waals surface area contributed by atoms with Gasteiger partial charge in [0.1, 0.15) is 0 Å². The molecule has 0 radical (unpaired) electrons. The van der Waals surface area contributed by atoms with E-state index in [2.05, 4.69) is 42.5 Å². The number of nitrogens with zero attached hydrogens (tertiary/aromatic N) is 3. The van der Waals surface area contributed by atoms with Gasteiger partial charge in [-0.3, -0.25) is 0 Å². The van der Waals surface area contributed by atoms with Crippen LogP contribution in [0.3, 0.4) is 0 Å². The van der Waals surface area contributed by atoms with Crippen LogP contribution in [-0.4, -0.2) is 49.4 Å². The predicted octanol–water partition coefficient (Wildman–Crippen LogP) is 4.01. The summed E-state index contributed by atoms with van der Waals surface area (Å²) >= 11 is 0. The summed E-state index contributed by atoms with van der Waals surface area (Å²) in [6.07, 6.45) is 4.40. The average Bonchev–Trinajstić information content (AvgIpc) is 3.23. The Balaban J connectivity index is 1.53. The summed E-state index contributed by atoms with van der Waals surface area (Å²) in [6, 6.07) is 8.30. The van der Waals surface area contributed by atoms with Crippen molar-refractivity contribution in [2.45, 2.75) is 58.2 Å². The van der Waals surface area contributed by atoms with Gasteiger partial charge >= 0.3 is 6.09 Å². The first-order valence-corrected chi connectivity index (χ1v) is 10.1. The van der Waals surface area contributed by atoms with Crippen LogP contribution in [0.4, 0.5) is 4.79 Å². The molecule has 6 heteroatoms. The number of carbonyl (C=O) groups is 1. The number of hydrogen-bond acceptors (Lipinski definition) is 3. The van der Waals surface area contributed by atoms with Crippen LogP contribution in [0.1, 0.15) is 51.6 Å². The zero-order valence-electron chi connectivity index (χ0n) is 16.7. The molecule has 2 unspecified atom stereocenters. The number of likely N-dealkylation sites (tertiary alicyclic amines) is 1. The molecular formula is C22H29N3O3. The molecule has 2 N–H and O–H groups in total. The van der Waals surface area contributed by atoms with E-state index < -0.39 is 12.2 Å². The largest absolute Gasteiger partial charge is 0.465 e. The first-order chi connectivity index (χ1) is 13.3. The third-order valence-corrected chi connectivity index (χ3v) is 6.49. The van der Waals surface area contributed by atoms with Crippen molar-refractivity contribution in [3.05, 3.63) is 42.4 Å². The molecule has 0 bridgehead atoms. The van der Waals surface area contributed by atoms with E-state index in [4.69, 9.17) is 0 Å². The molecule has 4 rings (SSSR count). The monoisotopic (exact) mass is 383 g/mol. The Hall–Kier alpha value is -2.34. The highest BCUT2D eigenvalue weighted by Gasteiger charge is 2.41. The predicted molar refractivity (Wildman–Crippen MR) is 107 cm³/mol. The van der Waals surface area contributed by atoms with E-state index in [1.165, 1.54) is 11.1 Å². The van der Waals surface area contributed by atoms with Crippen molar-refractivity contribution in [3.8, 4) is 11.3 Å². The molecule has 0 saturated carbocycles. The quantitative estimate of drug-likeness (QED) is 0.839. The van der Waals surface area contributed by atoms with Crippen molar-refractivity contribution in [1.29, 1.82) is 0 Å². The number of imidazole rings is 1. The SMILES string of the molecule is CC(C)(C)C1CC([C@@H](O)C[C@H]2c3ccccc3-c3cncn32)CCN1C(=O)O. The summed E-state index contributed by atoms with van der Waals surface area (Å²) in [7, 11) is 0. The van der Waals surface area contributed by atoms with Crippen LogP contribution in [0.2, 0.25) is 0 Å². The van der Waals surface area contributed by atoms with Crippen molar-refractivity contribution in [2.24, 2.45) is 11.3 Å². The summed E-state index contributed by atoms with van der Waals surface area (Å²) in [5.74, 6) is 0.0968. The number of carboxylic acid groups (broad SMARTS) is 1. The molecule has 150 valence electrons. The highest BCUT2D eigenvalue weighted by molar-refractivity contribution is 5.69. The minimum absolute atomic E-state index is 0.0780. The van der Waals surface area contributed by atoms with Gasteiger partial charge in [0.25, 0.3) is 0 Å². The molecule has 1 saturated heterocycles. The molecule has 3 heterocycles. The molecule has 0 aliphatic carbocycles. The molecule has 4 atom stereocenters. The van der Waals surface area contributed by atoms with E-state index >= 15 is 0 Å². The van der Waals surface area contributed by atoms with Crippen LogP contribution in [0, 0.1) is 11.3 Å². The minimum atomic E-state index is -0.861. The summed E-state index contributed by atoms with van der Waals surface area (Å²) < 4.78 is 2.15. The average molecular weight is 383 g/mol. The molecule has 2 aliphatic heterocycles. The van der Waals surface area contributed by atoms with Crippen LogP contribution in [0.5, 0.6) is 0 Å². The lowest BCUT2D eigenvalue weighted by atomic mass is 9.74. The summed E-state index contributed by atoms with van der Waals surface area (Å²) in [5, 5.41) is 20.7. The Bertz CT molecular complexity index is 870. The lowest BCUT2D eigenvalue weighted by molar-refractivity contribution is -0.00528. The van der Waals surface area contributed by atoms with Crippen LogP contribution >= 0.6 is 0 Å². The molecule has 0 spiro atoms. The van der Waals surface area contributed by atoms with Gasteiger partial charge in [0.05, 0.1) is 30.4 Å². The summed E-state index contributed by atoms with van der Waals surface area (Å²) in [5.41, 5.74) is 3.36. The maximum atomic E-state index is 11.7. The van der Waals surface area contributed by atoms with E-state index in [0.29, 0.717) is 25.8 Å². The van der Waals surface area contributed by atoms with Crippen molar-refractivity contribution in [2.75, 3.05) is 6.54 Å². The second-order valence-electron chi connectivity index (χ2n) is 9.23. The van der Waals surface area contributed by atoms with Crippen LogP contribution < -0.4 is 0 Å². The molecular weight excluding hydrogens is 354 g/mol. The van der Waals surface area contributed by atoms with Crippen molar-refractivity contribution in [3.63, 3.8) is 0 Å². The van der Waals surface area contributed by atoms with Gasteiger partial charge in [0.15, 0.2) is 0 Å². The Morgan fingerprint density at radius 3 is 2.79 bits per heavy atom. The highest BCUT2D eigenvalue weighted by Crippen LogP contribution is 2.43. The number of hydrogen-bond donors (Lipinski definition) is 2. The van der Waals surface area contributed by atoms with Gasteiger partial charge in [-0.1, -0.05) is 45.0 Å². The zero-order valence-corrected chi connectivity index (χ0v) is 16.7. The van der Waals surface area contributed by atoms with Gasteiger partial charge in [0, 0.05) is 18.2 Å². The van der Waals surface area contributed by atoms with E-state index in [9.17, 15) is 15.0 Å². The zero-order chi connectivity index (χ0) is 20.1. The van der Waals surface area contributed by atoms with Gasteiger partial charge in [-0.05, 0) is 36.2 Å². The maximum Gasteiger partial charge on any atom is 0.407 e. The lowest BCUT2D eigenvalue weighted by Gasteiger charge is -2.45. The third kappa shape index (κ3) is 3.20. The fourth-order valence-corrected chi connectivity index (χ4v) is 4.99. The van der Waals surface area contributed by atoms with Gasteiger partial charge in [-0.25, -0.2) is 9.78 Å². The Labute approximate surface area is 165 Å². The number of aromatic nitrogens is 2. The molecule has 1 aromatic heterocycles. The number of benzene rings is 1. The van der Waals surface area contributed by atoms with E-state index in [-0.39, 0.29) is 23.4 Å². The number of fused-ring (bicyclic) bond motifs is 3. The first kappa shape index (κ1) is 19.0. The number of amides is 1. The highest BCUT2D eigenvalue weighted by atomic mass is 16.4. The van der Waals surface area contributed by atoms with Gasteiger partial charge in [0.2, 0.25) is 0 Å². The van der Waals surface area contributed by atoms with Gasteiger partial charge in [-0.2, -0.15) is 0 Å². The molecule has 1 aromatic carbocycles. The maximum absolute atomic E-state index is 11.7. The fraction of sp³-hybridized carbons (Fsp3) is 0.545. The first-order valence-electron chi connectivity index (χ1n) is 10.1. The minimum Gasteiger partial charge on any atom is -0.465 e. The standard InChI is InChI=1S/C22H29N3O3/c1-22(2,3)20-10-14(8-9-24(20)21(27)28)19(26)11-17-15-6-4-5-7-16(15)18-12-23-13-25(17)18/h4-7,12-14,17,19-20,26H,8-11H2,1-3H3,(H,27,28)/t14?,17-,19-,20?/m0/s1. The number of aliphatic hydroxyl groups is 1. The molecule has 1 fully saturated rings. The molecule has 2 aliphatic rings. The van der Waals surface area contributed by atoms with E-state index in [1.807, 2.05) is 24.7 Å².